The topological polar surface area (TPSA) is 49.8 Å². The van der Waals surface area contributed by atoms with Crippen molar-refractivity contribution in [2.75, 3.05) is 13.1 Å². The van der Waals surface area contributed by atoms with E-state index in [1.807, 2.05) is 32.0 Å². The van der Waals surface area contributed by atoms with Crippen LogP contribution in [0.2, 0.25) is 0 Å². The number of piperidine rings is 1. The highest BCUT2D eigenvalue weighted by Crippen LogP contribution is 2.36. The van der Waals surface area contributed by atoms with Crippen molar-refractivity contribution in [2.24, 2.45) is 0 Å². The number of ether oxygens (including phenoxy) is 1. The first-order valence-corrected chi connectivity index (χ1v) is 9.46. The summed E-state index contributed by atoms with van der Waals surface area (Å²) in [6.45, 7) is 4.50. The maximum absolute atomic E-state index is 13.0. The van der Waals surface area contributed by atoms with E-state index in [-0.39, 0.29) is 38.1 Å². The van der Waals surface area contributed by atoms with E-state index < -0.39 is 23.4 Å². The van der Waals surface area contributed by atoms with Crippen LogP contribution in [0.4, 0.5) is 18.0 Å². The fourth-order valence-corrected chi connectivity index (χ4v) is 3.72. The summed E-state index contributed by atoms with van der Waals surface area (Å²) in [6.07, 6.45) is -4.67. The summed E-state index contributed by atoms with van der Waals surface area (Å²) >= 11 is 0. The van der Waals surface area contributed by atoms with E-state index in [2.05, 4.69) is 0 Å². The summed E-state index contributed by atoms with van der Waals surface area (Å²) in [6, 6.07) is 10.7. The lowest BCUT2D eigenvalue weighted by Crippen LogP contribution is -2.45. The molecule has 1 amide bonds. The van der Waals surface area contributed by atoms with Crippen molar-refractivity contribution in [3.05, 3.63) is 70.3 Å². The van der Waals surface area contributed by atoms with Gasteiger partial charge in [0.2, 0.25) is 0 Å². The molecule has 0 aromatic heterocycles. The molecule has 1 saturated heterocycles. The summed E-state index contributed by atoms with van der Waals surface area (Å²) in [5, 5.41) is 10.9. The zero-order valence-corrected chi connectivity index (χ0v) is 16.4. The average Bonchev–Trinajstić information content (AvgIpc) is 2.65. The van der Waals surface area contributed by atoms with Gasteiger partial charge < -0.3 is 14.7 Å². The van der Waals surface area contributed by atoms with Crippen molar-refractivity contribution in [3.8, 4) is 0 Å². The Morgan fingerprint density at radius 2 is 1.72 bits per heavy atom. The van der Waals surface area contributed by atoms with Crippen molar-refractivity contribution < 1.29 is 27.8 Å². The number of nitrogens with zero attached hydrogens (tertiary/aromatic N) is 1. The molecule has 7 heteroatoms. The average molecular weight is 407 g/mol. The SMILES string of the molecule is Cc1cc(C)cc(COC(=O)N2CCC(O)(c3cccc(C(F)(F)F)c3)CC2)c1. The van der Waals surface area contributed by atoms with Crippen LogP contribution in [0.1, 0.15) is 40.7 Å². The minimum atomic E-state index is -4.47. The highest BCUT2D eigenvalue weighted by Gasteiger charge is 2.38. The Balaban J connectivity index is 1.60. The minimum Gasteiger partial charge on any atom is -0.445 e. The smallest absolute Gasteiger partial charge is 0.416 e. The van der Waals surface area contributed by atoms with Gasteiger partial charge in [-0.15, -0.1) is 0 Å². The molecule has 1 aliphatic rings. The van der Waals surface area contributed by atoms with Crippen molar-refractivity contribution in [1.29, 1.82) is 0 Å². The standard InChI is InChI=1S/C22H24F3NO3/c1-15-10-16(2)12-17(11-15)14-29-20(27)26-8-6-21(28,7-9-26)18-4-3-5-19(13-18)22(23,24)25/h3-5,10-13,28H,6-9,14H2,1-2H3. The van der Waals surface area contributed by atoms with Crippen LogP contribution < -0.4 is 0 Å². The Labute approximate surface area is 167 Å². The van der Waals surface area contributed by atoms with Crippen molar-refractivity contribution in [1.82, 2.24) is 4.90 Å². The molecule has 0 spiro atoms. The Morgan fingerprint density at radius 3 is 2.31 bits per heavy atom. The fourth-order valence-electron chi connectivity index (χ4n) is 3.72. The van der Waals surface area contributed by atoms with Gasteiger partial charge in [0.15, 0.2) is 0 Å². The summed E-state index contributed by atoms with van der Waals surface area (Å²) in [4.78, 5) is 13.8. The molecule has 1 aliphatic heterocycles. The summed E-state index contributed by atoms with van der Waals surface area (Å²) in [7, 11) is 0. The Hall–Kier alpha value is -2.54. The van der Waals surface area contributed by atoms with Crippen LogP contribution in [0.15, 0.2) is 42.5 Å². The summed E-state index contributed by atoms with van der Waals surface area (Å²) in [5.41, 5.74) is 1.09. The molecule has 0 atom stereocenters. The monoisotopic (exact) mass is 407 g/mol. The number of likely N-dealkylation sites (tertiary alicyclic amines) is 1. The number of aryl methyl sites for hydroxylation is 2. The number of aliphatic hydroxyl groups is 1. The number of benzene rings is 2. The van der Waals surface area contributed by atoms with Crippen LogP contribution in [-0.4, -0.2) is 29.2 Å². The van der Waals surface area contributed by atoms with E-state index in [0.29, 0.717) is 0 Å². The molecule has 0 saturated carbocycles. The molecule has 29 heavy (non-hydrogen) atoms. The van der Waals surface area contributed by atoms with Gasteiger partial charge in [-0.25, -0.2) is 4.79 Å². The molecule has 1 fully saturated rings. The molecule has 3 rings (SSSR count). The maximum Gasteiger partial charge on any atom is 0.416 e. The van der Waals surface area contributed by atoms with Gasteiger partial charge in [0.05, 0.1) is 11.2 Å². The largest absolute Gasteiger partial charge is 0.445 e. The van der Waals surface area contributed by atoms with E-state index in [0.717, 1.165) is 28.8 Å². The lowest BCUT2D eigenvalue weighted by atomic mass is 9.84. The van der Waals surface area contributed by atoms with E-state index >= 15 is 0 Å². The van der Waals surface area contributed by atoms with Crippen molar-refractivity contribution >= 4 is 6.09 Å². The molecule has 1 heterocycles. The predicted molar refractivity (Wildman–Crippen MR) is 102 cm³/mol. The Kier molecular flexibility index (Phi) is 5.89. The summed E-state index contributed by atoms with van der Waals surface area (Å²) < 4.78 is 44.2. The molecule has 0 unspecified atom stereocenters. The van der Waals surface area contributed by atoms with E-state index in [4.69, 9.17) is 4.74 Å². The third-order valence-electron chi connectivity index (χ3n) is 5.22. The number of alkyl halides is 3. The second-order valence-electron chi connectivity index (χ2n) is 7.65. The third kappa shape index (κ3) is 5.09. The molecule has 1 N–H and O–H groups in total. The van der Waals surface area contributed by atoms with Gasteiger partial charge in [-0.3, -0.25) is 0 Å². The van der Waals surface area contributed by atoms with Gasteiger partial charge in [-0.1, -0.05) is 41.5 Å². The molecule has 4 nitrogen and oxygen atoms in total. The first-order valence-electron chi connectivity index (χ1n) is 9.46. The molecule has 156 valence electrons. The number of hydrogen-bond acceptors (Lipinski definition) is 3. The number of halogens is 3. The maximum atomic E-state index is 13.0. The number of carbonyl (C=O) groups excluding carboxylic acids is 1. The molecular formula is C22H24F3NO3. The Morgan fingerprint density at radius 1 is 1.10 bits per heavy atom. The van der Waals surface area contributed by atoms with Crippen LogP contribution in [0.25, 0.3) is 0 Å². The van der Waals surface area contributed by atoms with E-state index in [1.54, 1.807) is 0 Å². The molecule has 0 aliphatic carbocycles. The lowest BCUT2D eigenvalue weighted by Gasteiger charge is -2.38. The number of amides is 1. The van der Waals surface area contributed by atoms with Crippen LogP contribution in [0.3, 0.4) is 0 Å². The molecule has 2 aromatic carbocycles. The van der Waals surface area contributed by atoms with E-state index in [9.17, 15) is 23.1 Å². The molecule has 0 radical (unpaired) electrons. The fraction of sp³-hybridized carbons (Fsp3) is 0.409. The highest BCUT2D eigenvalue weighted by atomic mass is 19.4. The van der Waals surface area contributed by atoms with E-state index in [1.165, 1.54) is 17.0 Å². The number of carbonyl (C=O) groups is 1. The zero-order chi connectivity index (χ0) is 21.2. The van der Waals surface area contributed by atoms with Crippen LogP contribution in [-0.2, 0) is 23.1 Å². The lowest BCUT2D eigenvalue weighted by molar-refractivity contribution is -0.137. The number of rotatable bonds is 3. The third-order valence-corrected chi connectivity index (χ3v) is 5.22. The normalized spacial score (nSPS) is 16.6. The van der Waals surface area contributed by atoms with Crippen LogP contribution in [0, 0.1) is 13.8 Å². The quantitative estimate of drug-likeness (QED) is 0.784. The zero-order valence-electron chi connectivity index (χ0n) is 16.4. The van der Waals surface area contributed by atoms with Gasteiger partial charge in [0, 0.05) is 13.1 Å². The highest BCUT2D eigenvalue weighted by molar-refractivity contribution is 5.67. The number of hydrogen-bond donors (Lipinski definition) is 1. The molecule has 0 bridgehead atoms. The second kappa shape index (κ2) is 8.06. The minimum absolute atomic E-state index is 0.146. The van der Waals surface area contributed by atoms with Gasteiger partial charge in [0.25, 0.3) is 0 Å². The van der Waals surface area contributed by atoms with Gasteiger partial charge in [-0.2, -0.15) is 13.2 Å². The van der Waals surface area contributed by atoms with Gasteiger partial charge in [0.1, 0.15) is 6.61 Å². The van der Waals surface area contributed by atoms with Crippen LogP contribution >= 0.6 is 0 Å². The first-order chi connectivity index (χ1) is 13.6. The summed E-state index contributed by atoms with van der Waals surface area (Å²) in [5.74, 6) is 0. The second-order valence-corrected chi connectivity index (χ2v) is 7.65. The molecular weight excluding hydrogens is 383 g/mol. The molecule has 2 aromatic rings. The van der Waals surface area contributed by atoms with Gasteiger partial charge >= 0.3 is 12.3 Å². The predicted octanol–water partition coefficient (Wildman–Crippen LogP) is 4.94. The first kappa shape index (κ1) is 21.2. The van der Waals surface area contributed by atoms with Crippen LogP contribution in [0.5, 0.6) is 0 Å². The van der Waals surface area contributed by atoms with Crippen molar-refractivity contribution in [3.63, 3.8) is 0 Å². The van der Waals surface area contributed by atoms with Gasteiger partial charge in [-0.05, 0) is 49.9 Å². The van der Waals surface area contributed by atoms with Crippen molar-refractivity contribution in [2.45, 2.75) is 45.1 Å². The Bertz CT molecular complexity index is 867.